The van der Waals surface area contributed by atoms with Crippen LogP contribution >= 0.6 is 15.9 Å². The fourth-order valence-electron chi connectivity index (χ4n) is 1.75. The van der Waals surface area contributed by atoms with E-state index >= 15 is 0 Å². The first kappa shape index (κ1) is 12.8. The van der Waals surface area contributed by atoms with E-state index in [4.69, 9.17) is 0 Å². The number of pyridine rings is 1. The lowest BCUT2D eigenvalue weighted by Crippen LogP contribution is -2.16. The van der Waals surface area contributed by atoms with E-state index < -0.39 is 0 Å². The highest BCUT2D eigenvalue weighted by molar-refractivity contribution is 9.10. The molecule has 0 saturated heterocycles. The average molecular weight is 305 g/mol. The van der Waals surface area contributed by atoms with Crippen molar-refractivity contribution in [3.05, 3.63) is 58.3 Å². The van der Waals surface area contributed by atoms with Gasteiger partial charge in [0, 0.05) is 36.0 Å². The number of carbonyl (C=O) groups excluding carboxylic acids is 1. The highest BCUT2D eigenvalue weighted by atomic mass is 79.9. The maximum absolute atomic E-state index is 10.7. The van der Waals surface area contributed by atoms with Crippen molar-refractivity contribution >= 4 is 27.9 Å². The molecule has 3 nitrogen and oxygen atoms in total. The van der Waals surface area contributed by atoms with Gasteiger partial charge in [-0.05, 0) is 51.8 Å². The molecule has 2 aromatic rings. The molecule has 1 aromatic heterocycles. The van der Waals surface area contributed by atoms with Crippen LogP contribution in [0.1, 0.15) is 15.9 Å². The minimum atomic E-state index is 0.669. The van der Waals surface area contributed by atoms with E-state index in [2.05, 4.69) is 25.8 Å². The number of aromatic nitrogens is 1. The standard InChI is InChI=1S/C14H13BrN2O/c1-17(9-11-4-6-16-7-5-11)14-3-2-12(10-18)8-13(14)15/h2-8,10H,9H2,1H3. The number of hydrogen-bond acceptors (Lipinski definition) is 3. The lowest BCUT2D eigenvalue weighted by molar-refractivity contribution is 0.112. The van der Waals surface area contributed by atoms with Crippen LogP contribution in [-0.2, 0) is 6.54 Å². The second kappa shape index (κ2) is 5.78. The van der Waals surface area contributed by atoms with Gasteiger partial charge in [-0.15, -0.1) is 0 Å². The number of anilines is 1. The molecule has 0 fully saturated rings. The number of carbonyl (C=O) groups is 1. The van der Waals surface area contributed by atoms with Crippen molar-refractivity contribution in [2.45, 2.75) is 6.54 Å². The largest absolute Gasteiger partial charge is 0.369 e. The highest BCUT2D eigenvalue weighted by Crippen LogP contribution is 2.27. The summed E-state index contributed by atoms with van der Waals surface area (Å²) in [6.07, 6.45) is 4.42. The van der Waals surface area contributed by atoms with Gasteiger partial charge < -0.3 is 4.90 Å². The topological polar surface area (TPSA) is 33.2 Å². The Morgan fingerprint density at radius 1 is 1.28 bits per heavy atom. The zero-order valence-corrected chi connectivity index (χ0v) is 11.6. The van der Waals surface area contributed by atoms with Crippen molar-refractivity contribution in [3.63, 3.8) is 0 Å². The molecule has 0 spiro atoms. The van der Waals surface area contributed by atoms with Gasteiger partial charge in [0.2, 0.25) is 0 Å². The van der Waals surface area contributed by atoms with Crippen molar-refractivity contribution in [1.29, 1.82) is 0 Å². The molecule has 0 amide bonds. The Bertz CT molecular complexity index is 543. The SMILES string of the molecule is CN(Cc1ccncc1)c1ccc(C=O)cc1Br. The summed E-state index contributed by atoms with van der Waals surface area (Å²) >= 11 is 3.49. The Morgan fingerprint density at radius 2 is 2.00 bits per heavy atom. The lowest BCUT2D eigenvalue weighted by Gasteiger charge is -2.21. The summed E-state index contributed by atoms with van der Waals surface area (Å²) in [5, 5.41) is 0. The van der Waals surface area contributed by atoms with E-state index in [9.17, 15) is 4.79 Å². The quantitative estimate of drug-likeness (QED) is 0.813. The molecule has 0 unspecified atom stereocenters. The van der Waals surface area contributed by atoms with Crippen molar-refractivity contribution in [2.24, 2.45) is 0 Å². The molecule has 1 heterocycles. The number of nitrogens with zero attached hydrogens (tertiary/aromatic N) is 2. The van der Waals surface area contributed by atoms with Crippen LogP contribution in [-0.4, -0.2) is 18.3 Å². The van der Waals surface area contributed by atoms with E-state index in [1.165, 1.54) is 5.56 Å². The summed E-state index contributed by atoms with van der Waals surface area (Å²) in [7, 11) is 2.01. The van der Waals surface area contributed by atoms with Gasteiger partial charge in [0.15, 0.2) is 0 Å². The molecule has 0 aliphatic heterocycles. The average Bonchev–Trinajstić information content (AvgIpc) is 2.39. The van der Waals surface area contributed by atoms with Gasteiger partial charge in [-0.2, -0.15) is 0 Å². The molecule has 0 atom stereocenters. The minimum Gasteiger partial charge on any atom is -0.369 e. The molecule has 4 heteroatoms. The fraction of sp³-hybridized carbons (Fsp3) is 0.143. The summed E-state index contributed by atoms with van der Waals surface area (Å²) in [6.45, 7) is 0.793. The van der Waals surface area contributed by atoms with Crippen molar-refractivity contribution < 1.29 is 4.79 Å². The first-order valence-corrected chi connectivity index (χ1v) is 6.35. The van der Waals surface area contributed by atoms with Crippen molar-refractivity contribution in [2.75, 3.05) is 11.9 Å². The van der Waals surface area contributed by atoms with Crippen LogP contribution in [0.25, 0.3) is 0 Å². The van der Waals surface area contributed by atoms with Crippen LogP contribution in [0.5, 0.6) is 0 Å². The molecule has 0 bridgehead atoms. The zero-order chi connectivity index (χ0) is 13.0. The highest BCUT2D eigenvalue weighted by Gasteiger charge is 2.07. The Balaban J connectivity index is 2.19. The Morgan fingerprint density at radius 3 is 2.61 bits per heavy atom. The van der Waals surface area contributed by atoms with Crippen LogP contribution in [0.3, 0.4) is 0 Å². The molecule has 92 valence electrons. The maximum atomic E-state index is 10.7. The minimum absolute atomic E-state index is 0.669. The van der Waals surface area contributed by atoms with Crippen LogP contribution in [0.4, 0.5) is 5.69 Å². The molecule has 0 radical (unpaired) electrons. The number of benzene rings is 1. The molecule has 0 N–H and O–H groups in total. The third kappa shape index (κ3) is 2.96. The number of rotatable bonds is 4. The maximum Gasteiger partial charge on any atom is 0.150 e. The van der Waals surface area contributed by atoms with Gasteiger partial charge in [0.1, 0.15) is 6.29 Å². The van der Waals surface area contributed by atoms with Gasteiger partial charge in [-0.25, -0.2) is 0 Å². The van der Waals surface area contributed by atoms with Crippen molar-refractivity contribution in [1.82, 2.24) is 4.98 Å². The fourth-order valence-corrected chi connectivity index (χ4v) is 2.45. The second-order valence-corrected chi connectivity index (χ2v) is 4.89. The third-order valence-corrected chi connectivity index (χ3v) is 3.32. The summed E-state index contributed by atoms with van der Waals surface area (Å²) < 4.78 is 0.920. The van der Waals surface area contributed by atoms with Crippen LogP contribution in [0.2, 0.25) is 0 Å². The van der Waals surface area contributed by atoms with Gasteiger partial charge in [-0.3, -0.25) is 9.78 Å². The number of hydrogen-bond donors (Lipinski definition) is 0. The van der Waals surface area contributed by atoms with Crippen LogP contribution in [0.15, 0.2) is 47.2 Å². The van der Waals surface area contributed by atoms with Crippen LogP contribution < -0.4 is 4.90 Å². The molecule has 0 saturated carbocycles. The van der Waals surface area contributed by atoms with E-state index in [0.29, 0.717) is 5.56 Å². The predicted molar refractivity (Wildman–Crippen MR) is 75.9 cm³/mol. The predicted octanol–water partition coefficient (Wildman–Crippen LogP) is 3.29. The van der Waals surface area contributed by atoms with Gasteiger partial charge >= 0.3 is 0 Å². The Labute approximate surface area is 115 Å². The van der Waals surface area contributed by atoms with Crippen molar-refractivity contribution in [3.8, 4) is 0 Å². The smallest absolute Gasteiger partial charge is 0.150 e. The normalized spacial score (nSPS) is 10.1. The van der Waals surface area contributed by atoms with E-state index in [-0.39, 0.29) is 0 Å². The summed E-state index contributed by atoms with van der Waals surface area (Å²) in [4.78, 5) is 16.8. The first-order valence-electron chi connectivity index (χ1n) is 5.55. The molecular weight excluding hydrogens is 292 g/mol. The van der Waals surface area contributed by atoms with E-state index in [1.54, 1.807) is 12.4 Å². The van der Waals surface area contributed by atoms with E-state index in [1.807, 2.05) is 37.4 Å². The third-order valence-electron chi connectivity index (χ3n) is 2.69. The summed E-state index contributed by atoms with van der Waals surface area (Å²) in [5.41, 5.74) is 2.92. The molecule has 1 aromatic carbocycles. The van der Waals surface area contributed by atoms with Crippen LogP contribution in [0, 0.1) is 0 Å². The second-order valence-electron chi connectivity index (χ2n) is 4.04. The molecule has 2 rings (SSSR count). The molecule has 0 aliphatic carbocycles. The monoisotopic (exact) mass is 304 g/mol. The molecular formula is C14H13BrN2O. The van der Waals surface area contributed by atoms with Gasteiger partial charge in [0.25, 0.3) is 0 Å². The summed E-state index contributed by atoms with van der Waals surface area (Å²) in [5.74, 6) is 0. The molecule has 18 heavy (non-hydrogen) atoms. The zero-order valence-electron chi connectivity index (χ0n) is 10.0. The number of halogens is 1. The summed E-state index contributed by atoms with van der Waals surface area (Å²) in [6, 6.07) is 9.56. The van der Waals surface area contributed by atoms with Gasteiger partial charge in [-0.1, -0.05) is 0 Å². The first-order chi connectivity index (χ1) is 8.70. The Kier molecular flexibility index (Phi) is 4.10. The Hall–Kier alpha value is -1.68. The molecule has 0 aliphatic rings. The van der Waals surface area contributed by atoms with Gasteiger partial charge in [0.05, 0.1) is 5.69 Å². The lowest BCUT2D eigenvalue weighted by atomic mass is 10.2. The van der Waals surface area contributed by atoms with E-state index in [0.717, 1.165) is 23.0 Å². The number of aldehydes is 1.